The second-order valence-electron chi connectivity index (χ2n) is 10.6. The lowest BCUT2D eigenvalue weighted by atomic mass is 9.75. The highest BCUT2D eigenvalue weighted by Crippen LogP contribution is 2.48. The molecule has 2 N–H and O–H groups in total. The topological polar surface area (TPSA) is 109 Å². The van der Waals surface area contributed by atoms with Crippen LogP contribution >= 0.6 is 11.3 Å². The fourth-order valence-electron chi connectivity index (χ4n) is 5.53. The minimum absolute atomic E-state index is 0.0217. The first-order chi connectivity index (χ1) is 18.7. The lowest BCUT2D eigenvalue weighted by Gasteiger charge is -2.40. The Morgan fingerprint density at radius 1 is 1.12 bits per heavy atom. The number of hydrogen-bond donors (Lipinski definition) is 2. The van der Waals surface area contributed by atoms with E-state index in [0.717, 1.165) is 17.4 Å². The number of carbonyl (C=O) groups is 1. The Labute approximate surface area is 233 Å². The van der Waals surface area contributed by atoms with Gasteiger partial charge in [-0.1, -0.05) is 12.1 Å². The van der Waals surface area contributed by atoms with Gasteiger partial charge in [0, 0.05) is 42.2 Å². The third-order valence-corrected chi connectivity index (χ3v) is 9.56. The summed E-state index contributed by atoms with van der Waals surface area (Å²) in [5.74, 6) is -0.281. The molecular formula is C27H28F3N3O5S2. The summed E-state index contributed by atoms with van der Waals surface area (Å²) in [6.07, 6.45) is -2.83. The average Bonchev–Trinajstić information content (AvgIpc) is 3.39. The van der Waals surface area contributed by atoms with Crippen LogP contribution in [-0.2, 0) is 16.2 Å². The van der Waals surface area contributed by atoms with Crippen molar-refractivity contribution in [2.75, 3.05) is 17.8 Å². The molecular weight excluding hydrogens is 567 g/mol. The first-order valence-electron chi connectivity index (χ1n) is 12.7. The van der Waals surface area contributed by atoms with E-state index in [1.807, 2.05) is 13.8 Å². The molecule has 8 nitrogen and oxygen atoms in total. The molecule has 0 bridgehead atoms. The number of nitrogens with one attached hydrogen (secondary N) is 1. The van der Waals surface area contributed by atoms with Crippen LogP contribution in [0.2, 0.25) is 0 Å². The highest BCUT2D eigenvalue weighted by atomic mass is 32.2. The number of nitrogens with zero attached hydrogens (tertiary/aromatic N) is 2. The molecule has 1 saturated heterocycles. The molecule has 1 atom stereocenters. The van der Waals surface area contributed by atoms with Crippen LogP contribution in [0.1, 0.15) is 67.2 Å². The van der Waals surface area contributed by atoms with E-state index in [2.05, 4.69) is 9.71 Å². The minimum atomic E-state index is -4.53. The molecule has 1 aromatic heterocycles. The van der Waals surface area contributed by atoms with Crippen LogP contribution in [0.15, 0.2) is 52.9 Å². The molecule has 1 fully saturated rings. The van der Waals surface area contributed by atoms with Gasteiger partial charge in [0.2, 0.25) is 0 Å². The highest BCUT2D eigenvalue weighted by Gasteiger charge is 2.39. The number of halogens is 3. The Morgan fingerprint density at radius 3 is 2.45 bits per heavy atom. The Morgan fingerprint density at radius 2 is 1.82 bits per heavy atom. The van der Waals surface area contributed by atoms with Gasteiger partial charge in [0.15, 0.2) is 5.13 Å². The smallest absolute Gasteiger partial charge is 0.416 e. The van der Waals surface area contributed by atoms with Gasteiger partial charge in [-0.25, -0.2) is 18.2 Å². The van der Waals surface area contributed by atoms with Crippen molar-refractivity contribution < 1.29 is 36.2 Å². The van der Waals surface area contributed by atoms with Gasteiger partial charge in [-0.05, 0) is 68.4 Å². The predicted molar refractivity (Wildman–Crippen MR) is 144 cm³/mol. The van der Waals surface area contributed by atoms with E-state index in [4.69, 9.17) is 4.74 Å². The van der Waals surface area contributed by atoms with Crippen molar-refractivity contribution >= 4 is 32.6 Å². The molecule has 3 heterocycles. The van der Waals surface area contributed by atoms with E-state index in [-0.39, 0.29) is 35.0 Å². The molecule has 2 aliphatic rings. The lowest BCUT2D eigenvalue weighted by molar-refractivity contribution is -0.137. The van der Waals surface area contributed by atoms with Crippen molar-refractivity contribution in [2.24, 2.45) is 0 Å². The van der Waals surface area contributed by atoms with Crippen molar-refractivity contribution in [1.29, 1.82) is 0 Å². The fraction of sp³-hybridized carbons (Fsp3) is 0.407. The molecule has 5 rings (SSSR count). The molecule has 0 radical (unpaired) electrons. The number of carboxylic acid groups (broad SMARTS) is 1. The molecule has 0 aliphatic carbocycles. The van der Waals surface area contributed by atoms with Gasteiger partial charge >= 0.3 is 12.3 Å². The number of ether oxygens (including phenoxy) is 1. The number of anilines is 1. The summed E-state index contributed by atoms with van der Waals surface area (Å²) in [5, 5.41) is 11.2. The Bertz CT molecular complexity index is 1520. The summed E-state index contributed by atoms with van der Waals surface area (Å²) < 4.78 is 75.9. The van der Waals surface area contributed by atoms with Crippen molar-refractivity contribution in [1.82, 2.24) is 9.88 Å². The number of hydrogen-bond acceptors (Lipinski definition) is 6. The quantitative estimate of drug-likeness (QED) is 0.348. The van der Waals surface area contributed by atoms with Gasteiger partial charge in [-0.15, -0.1) is 11.3 Å². The normalized spacial score (nSPS) is 19.5. The van der Waals surface area contributed by atoms with Crippen LogP contribution in [0, 0.1) is 0 Å². The maximum Gasteiger partial charge on any atom is 0.416 e. The van der Waals surface area contributed by atoms with Crippen molar-refractivity contribution in [3.8, 4) is 5.75 Å². The summed E-state index contributed by atoms with van der Waals surface area (Å²) in [6, 6.07) is 8.32. The van der Waals surface area contributed by atoms with Crippen molar-refractivity contribution in [3.63, 3.8) is 0 Å². The van der Waals surface area contributed by atoms with E-state index in [1.54, 1.807) is 11.4 Å². The third kappa shape index (κ3) is 5.75. The molecule has 214 valence electrons. The summed E-state index contributed by atoms with van der Waals surface area (Å²) in [7, 11) is -3.96. The van der Waals surface area contributed by atoms with Gasteiger partial charge in [-0.2, -0.15) is 13.2 Å². The van der Waals surface area contributed by atoms with Gasteiger partial charge in [0.25, 0.3) is 10.0 Å². The second kappa shape index (κ2) is 10.3. The van der Waals surface area contributed by atoms with Crippen LogP contribution < -0.4 is 9.46 Å². The number of piperidine rings is 1. The number of fused-ring (bicyclic) bond motifs is 1. The van der Waals surface area contributed by atoms with Crippen LogP contribution in [0.3, 0.4) is 0 Å². The minimum Gasteiger partial charge on any atom is -0.487 e. The largest absolute Gasteiger partial charge is 0.487 e. The number of thiazole rings is 1. The SMILES string of the molecule is CC1(C)CC(c2ccc(C(F)(F)F)cc2C2CCN(C(=O)O)CC2)c2ccc(S(=O)(=O)Nc3nccs3)cc2O1. The standard InChI is InChI=1S/C27H28F3N3O5S2/c1-26(2)15-22(20-6-4-18(14-23(20)38-26)40(36,37)32-24-31-9-12-39-24)19-5-3-17(27(28,29)30)13-21(19)16-7-10-33(11-8-16)25(34)35/h3-6,9,12-14,16,22H,7-8,10-11,15H2,1-2H3,(H,31,32)(H,34,35). The summed E-state index contributed by atoms with van der Waals surface area (Å²) in [4.78, 5) is 16.6. The average molecular weight is 596 g/mol. The van der Waals surface area contributed by atoms with Crippen LogP contribution in [-0.4, -0.2) is 48.2 Å². The number of likely N-dealkylation sites (tertiary alicyclic amines) is 1. The van der Waals surface area contributed by atoms with Crippen molar-refractivity contribution in [2.45, 2.75) is 61.6 Å². The Balaban J connectivity index is 1.56. The molecule has 13 heteroatoms. The maximum atomic E-state index is 13.8. The summed E-state index contributed by atoms with van der Waals surface area (Å²) in [5.41, 5.74) is 0.423. The molecule has 0 spiro atoms. The van der Waals surface area contributed by atoms with E-state index >= 15 is 0 Å². The highest BCUT2D eigenvalue weighted by molar-refractivity contribution is 7.93. The van der Waals surface area contributed by atoms with E-state index in [9.17, 15) is 31.5 Å². The molecule has 40 heavy (non-hydrogen) atoms. The summed E-state index contributed by atoms with van der Waals surface area (Å²) >= 11 is 1.14. The zero-order valence-corrected chi connectivity index (χ0v) is 23.4. The van der Waals surface area contributed by atoms with E-state index in [1.165, 1.54) is 35.4 Å². The Kier molecular flexibility index (Phi) is 7.24. The van der Waals surface area contributed by atoms with Crippen molar-refractivity contribution in [3.05, 3.63) is 70.2 Å². The zero-order valence-electron chi connectivity index (χ0n) is 21.7. The number of rotatable bonds is 5. The summed E-state index contributed by atoms with van der Waals surface area (Å²) in [6.45, 7) is 4.18. The van der Waals surface area contributed by atoms with Crippen LogP contribution in [0.25, 0.3) is 0 Å². The number of sulfonamides is 1. The van der Waals surface area contributed by atoms with Gasteiger partial charge < -0.3 is 14.7 Å². The first kappa shape index (κ1) is 28.2. The third-order valence-electron chi connectivity index (χ3n) is 7.40. The number of aromatic nitrogens is 1. The maximum absolute atomic E-state index is 13.8. The molecule has 3 aromatic rings. The zero-order chi connectivity index (χ0) is 28.9. The second-order valence-corrected chi connectivity index (χ2v) is 13.2. The van der Waals surface area contributed by atoms with Gasteiger partial charge in [0.05, 0.1) is 10.5 Å². The monoisotopic (exact) mass is 595 g/mol. The van der Waals surface area contributed by atoms with Crippen LogP contribution in [0.4, 0.5) is 23.1 Å². The fourth-order valence-corrected chi connectivity index (χ4v) is 7.33. The van der Waals surface area contributed by atoms with E-state index < -0.39 is 33.5 Å². The van der Waals surface area contributed by atoms with Gasteiger partial charge in [-0.3, -0.25) is 4.72 Å². The predicted octanol–water partition coefficient (Wildman–Crippen LogP) is 6.51. The van der Waals surface area contributed by atoms with E-state index in [0.29, 0.717) is 41.7 Å². The molecule has 2 aliphatic heterocycles. The number of benzene rings is 2. The lowest BCUT2D eigenvalue weighted by Crippen LogP contribution is -2.38. The molecule has 1 unspecified atom stereocenters. The molecule has 2 aromatic carbocycles. The number of amides is 1. The Hall–Kier alpha value is -3.32. The first-order valence-corrected chi connectivity index (χ1v) is 15.0. The van der Waals surface area contributed by atoms with Gasteiger partial charge in [0.1, 0.15) is 11.4 Å². The molecule has 1 amide bonds. The number of alkyl halides is 3. The molecule has 0 saturated carbocycles. The van der Waals surface area contributed by atoms with Crippen LogP contribution in [0.5, 0.6) is 5.75 Å².